The van der Waals surface area contributed by atoms with Crippen molar-refractivity contribution in [3.05, 3.63) is 84.2 Å². The van der Waals surface area contributed by atoms with E-state index in [0.29, 0.717) is 11.4 Å². The molecule has 176 valence electrons. The third kappa shape index (κ3) is 6.71. The van der Waals surface area contributed by atoms with Crippen LogP contribution in [-0.4, -0.2) is 58.7 Å². The van der Waals surface area contributed by atoms with E-state index < -0.39 is 30.2 Å². The van der Waals surface area contributed by atoms with Gasteiger partial charge in [0.1, 0.15) is 19.0 Å². The molecule has 1 aromatic heterocycles. The summed E-state index contributed by atoms with van der Waals surface area (Å²) in [4.78, 5) is 41.4. The largest absolute Gasteiger partial charge is 0.491 e. The number of rotatable bonds is 11. The summed E-state index contributed by atoms with van der Waals surface area (Å²) < 4.78 is 5.34. The molecule has 34 heavy (non-hydrogen) atoms. The fourth-order valence-corrected chi connectivity index (χ4v) is 3.10. The number of ether oxygens (including phenoxy) is 1. The van der Waals surface area contributed by atoms with Gasteiger partial charge in [0, 0.05) is 11.8 Å². The molecule has 0 saturated carbocycles. The third-order valence-corrected chi connectivity index (χ3v) is 4.88. The van der Waals surface area contributed by atoms with E-state index in [1.54, 1.807) is 60.8 Å². The minimum absolute atomic E-state index is 0.0675. The van der Waals surface area contributed by atoms with Gasteiger partial charge in [-0.05, 0) is 47.5 Å². The summed E-state index contributed by atoms with van der Waals surface area (Å²) >= 11 is 0. The lowest BCUT2D eigenvalue weighted by Crippen LogP contribution is -2.52. The maximum absolute atomic E-state index is 12.7. The summed E-state index contributed by atoms with van der Waals surface area (Å²) in [7, 11) is 0. The second-order valence-corrected chi connectivity index (χ2v) is 7.24. The van der Waals surface area contributed by atoms with Crippen LogP contribution >= 0.6 is 0 Å². The van der Waals surface area contributed by atoms with E-state index in [1.807, 2.05) is 12.1 Å². The smallest absolute Gasteiger partial charge is 0.252 e. The summed E-state index contributed by atoms with van der Waals surface area (Å²) in [6.07, 6.45) is 1.57. The van der Waals surface area contributed by atoms with E-state index >= 15 is 0 Å². The number of amides is 2. The highest BCUT2D eigenvalue weighted by atomic mass is 16.5. The van der Waals surface area contributed by atoms with Gasteiger partial charge >= 0.3 is 0 Å². The van der Waals surface area contributed by atoms with Gasteiger partial charge in [-0.15, -0.1) is 0 Å². The highest BCUT2D eigenvalue weighted by Gasteiger charge is 2.28. The number of Topliss-reactive ketones (excluding diaryl/α,β-unsaturated/α-hetero) is 1. The molecule has 0 aliphatic heterocycles. The van der Waals surface area contributed by atoms with E-state index in [-0.39, 0.29) is 25.3 Å². The topological polar surface area (TPSA) is 138 Å². The molecule has 0 fully saturated rings. The molecule has 0 aliphatic carbocycles. The Morgan fingerprint density at radius 3 is 2.18 bits per heavy atom. The van der Waals surface area contributed by atoms with Crippen molar-refractivity contribution in [1.29, 1.82) is 0 Å². The minimum Gasteiger partial charge on any atom is -0.491 e. The highest BCUT2D eigenvalue weighted by Crippen LogP contribution is 2.23. The van der Waals surface area contributed by atoms with E-state index in [1.165, 1.54) is 0 Å². The van der Waals surface area contributed by atoms with Gasteiger partial charge < -0.3 is 25.6 Å². The molecule has 1 heterocycles. The first-order valence-electron chi connectivity index (χ1n) is 10.6. The first-order chi connectivity index (χ1) is 16.5. The Kier molecular flexibility index (Phi) is 8.84. The normalized spacial score (nSPS) is 11.4. The molecule has 0 radical (unpaired) electrons. The molecule has 1 atom stereocenters. The Bertz CT molecular complexity index is 1100. The quantitative estimate of drug-likeness (QED) is 0.312. The molecular formula is C25H25N3O6. The number of hydrogen-bond acceptors (Lipinski definition) is 7. The van der Waals surface area contributed by atoms with Gasteiger partial charge in [-0.25, -0.2) is 0 Å². The summed E-state index contributed by atoms with van der Waals surface area (Å²) in [5, 5.41) is 23.0. The summed E-state index contributed by atoms with van der Waals surface area (Å²) in [5.41, 5.74) is 2.58. The average molecular weight is 463 g/mol. The van der Waals surface area contributed by atoms with Gasteiger partial charge in [-0.2, -0.15) is 0 Å². The lowest BCUT2D eigenvalue weighted by Gasteiger charge is -2.17. The zero-order valence-electron chi connectivity index (χ0n) is 18.3. The second-order valence-electron chi connectivity index (χ2n) is 7.24. The minimum atomic E-state index is -1.53. The third-order valence-electron chi connectivity index (χ3n) is 4.88. The standard InChI is InChI=1S/C25H25N3O6/c29-13-14-34-21-10-8-18(9-11-21)17-4-6-19(7-5-17)24(32)28-23(22(31)16-30)25(33)27-15-20-3-1-2-12-26-20/h1-12,23,29-30H,13-16H2,(H,27,33)(H,28,32). The number of carbonyl (C=O) groups excluding carboxylic acids is 3. The molecule has 2 amide bonds. The molecule has 9 nitrogen and oxygen atoms in total. The fourth-order valence-electron chi connectivity index (χ4n) is 3.10. The van der Waals surface area contributed by atoms with Crippen molar-refractivity contribution in [2.24, 2.45) is 0 Å². The van der Waals surface area contributed by atoms with Gasteiger partial charge in [0.15, 0.2) is 11.8 Å². The molecule has 0 saturated heterocycles. The SMILES string of the molecule is O=C(NC(C(=O)CO)C(=O)NCc1ccccn1)c1ccc(-c2ccc(OCCO)cc2)cc1. The summed E-state index contributed by atoms with van der Waals surface area (Å²) in [5.74, 6) is -1.56. The Morgan fingerprint density at radius 1 is 0.912 bits per heavy atom. The predicted molar refractivity (Wildman–Crippen MR) is 124 cm³/mol. The Balaban J connectivity index is 1.64. The van der Waals surface area contributed by atoms with Crippen LogP contribution in [0.1, 0.15) is 16.1 Å². The average Bonchev–Trinajstić information content (AvgIpc) is 2.89. The number of ketones is 1. The first kappa shape index (κ1) is 24.6. The number of hydrogen-bond donors (Lipinski definition) is 4. The highest BCUT2D eigenvalue weighted by molar-refractivity contribution is 6.10. The Labute approximate surface area is 196 Å². The van der Waals surface area contributed by atoms with Crippen LogP contribution in [0.2, 0.25) is 0 Å². The van der Waals surface area contributed by atoms with Gasteiger partial charge in [0.2, 0.25) is 0 Å². The van der Waals surface area contributed by atoms with E-state index in [0.717, 1.165) is 11.1 Å². The summed E-state index contributed by atoms with van der Waals surface area (Å²) in [6.45, 7) is -0.672. The number of aliphatic hydroxyl groups is 2. The molecule has 0 aliphatic rings. The summed E-state index contributed by atoms with van der Waals surface area (Å²) in [6, 6.07) is 17.6. The van der Waals surface area contributed by atoms with E-state index in [2.05, 4.69) is 15.6 Å². The van der Waals surface area contributed by atoms with Crippen molar-refractivity contribution >= 4 is 17.6 Å². The zero-order valence-corrected chi connectivity index (χ0v) is 18.3. The predicted octanol–water partition coefficient (Wildman–Crippen LogP) is 1.10. The number of aromatic nitrogens is 1. The number of carbonyl (C=O) groups is 3. The molecule has 3 rings (SSSR count). The van der Waals surface area contributed by atoms with Gasteiger partial charge in [-0.1, -0.05) is 30.3 Å². The van der Waals surface area contributed by atoms with Crippen LogP contribution in [-0.2, 0) is 16.1 Å². The lowest BCUT2D eigenvalue weighted by molar-refractivity contribution is -0.132. The van der Waals surface area contributed by atoms with Crippen LogP contribution < -0.4 is 15.4 Å². The van der Waals surface area contributed by atoms with E-state index in [4.69, 9.17) is 9.84 Å². The van der Waals surface area contributed by atoms with Crippen molar-refractivity contribution in [3.63, 3.8) is 0 Å². The molecule has 1 unspecified atom stereocenters. The van der Waals surface area contributed by atoms with Crippen LogP contribution in [0, 0.1) is 0 Å². The van der Waals surface area contributed by atoms with Crippen LogP contribution in [0.3, 0.4) is 0 Å². The molecule has 3 aromatic rings. The number of aliphatic hydroxyl groups excluding tert-OH is 2. The monoisotopic (exact) mass is 463 g/mol. The number of nitrogens with zero attached hydrogens (tertiary/aromatic N) is 1. The maximum atomic E-state index is 12.7. The van der Waals surface area contributed by atoms with Crippen molar-refractivity contribution in [1.82, 2.24) is 15.6 Å². The molecule has 4 N–H and O–H groups in total. The van der Waals surface area contributed by atoms with Crippen LogP contribution in [0.25, 0.3) is 11.1 Å². The van der Waals surface area contributed by atoms with Gasteiger partial charge in [0.05, 0.1) is 18.8 Å². The first-order valence-corrected chi connectivity index (χ1v) is 10.6. The maximum Gasteiger partial charge on any atom is 0.252 e. The van der Waals surface area contributed by atoms with Gasteiger partial charge in [-0.3, -0.25) is 19.4 Å². The van der Waals surface area contributed by atoms with Crippen LogP contribution in [0.4, 0.5) is 0 Å². The number of benzene rings is 2. The Morgan fingerprint density at radius 2 is 1.59 bits per heavy atom. The van der Waals surface area contributed by atoms with Gasteiger partial charge in [0.25, 0.3) is 11.8 Å². The van der Waals surface area contributed by atoms with Crippen molar-refractivity contribution in [2.75, 3.05) is 19.8 Å². The van der Waals surface area contributed by atoms with Crippen molar-refractivity contribution < 1.29 is 29.3 Å². The lowest BCUT2D eigenvalue weighted by atomic mass is 10.0. The number of pyridine rings is 1. The molecule has 2 aromatic carbocycles. The second kappa shape index (κ2) is 12.2. The zero-order chi connectivity index (χ0) is 24.3. The fraction of sp³-hybridized carbons (Fsp3) is 0.200. The van der Waals surface area contributed by atoms with Crippen LogP contribution in [0.5, 0.6) is 5.75 Å². The number of nitrogens with one attached hydrogen (secondary N) is 2. The van der Waals surface area contributed by atoms with Crippen molar-refractivity contribution in [2.45, 2.75) is 12.6 Å². The molecule has 9 heteroatoms. The van der Waals surface area contributed by atoms with E-state index in [9.17, 15) is 19.5 Å². The van der Waals surface area contributed by atoms with Crippen LogP contribution in [0.15, 0.2) is 72.9 Å². The molecule has 0 bridgehead atoms. The van der Waals surface area contributed by atoms with Crippen molar-refractivity contribution in [3.8, 4) is 16.9 Å². The molecular weight excluding hydrogens is 438 g/mol. The Hall–Kier alpha value is -4.08. The molecule has 0 spiro atoms.